The van der Waals surface area contributed by atoms with Gasteiger partial charge in [0.15, 0.2) is 6.10 Å². The van der Waals surface area contributed by atoms with Crippen molar-refractivity contribution in [1.29, 1.82) is 0 Å². The summed E-state index contributed by atoms with van der Waals surface area (Å²) in [7, 11) is 0. The number of amides is 2. The lowest BCUT2D eigenvalue weighted by atomic mass is 10.1. The average Bonchev–Trinajstić information content (AvgIpc) is 2.95. The van der Waals surface area contributed by atoms with Crippen molar-refractivity contribution >= 4 is 35.0 Å². The molecule has 1 saturated heterocycles. The summed E-state index contributed by atoms with van der Waals surface area (Å²) in [6.45, 7) is 3.93. The van der Waals surface area contributed by atoms with Crippen LogP contribution in [0.5, 0.6) is 5.75 Å². The van der Waals surface area contributed by atoms with Gasteiger partial charge in [-0.15, -0.1) is 0 Å². The lowest BCUT2D eigenvalue weighted by Crippen LogP contribution is -2.27. The number of rotatable bonds is 7. The molecule has 2 aromatic carbocycles. The van der Waals surface area contributed by atoms with E-state index in [1.807, 2.05) is 31.2 Å². The molecule has 2 amide bonds. The van der Waals surface area contributed by atoms with E-state index in [9.17, 15) is 14.4 Å². The quantitative estimate of drug-likeness (QED) is 0.677. The molecule has 1 heterocycles. The zero-order valence-electron chi connectivity index (χ0n) is 16.1. The summed E-state index contributed by atoms with van der Waals surface area (Å²) < 4.78 is 5.49. The van der Waals surface area contributed by atoms with Crippen molar-refractivity contribution in [3.05, 3.63) is 70.1 Å². The van der Waals surface area contributed by atoms with Crippen LogP contribution < -0.4 is 4.74 Å². The van der Waals surface area contributed by atoms with E-state index in [0.717, 1.165) is 22.9 Å². The number of carboxylic acids is 1. The van der Waals surface area contributed by atoms with Crippen molar-refractivity contribution in [1.82, 2.24) is 4.90 Å². The zero-order valence-corrected chi connectivity index (χ0v) is 16.9. The van der Waals surface area contributed by atoms with Crippen molar-refractivity contribution in [3.63, 3.8) is 0 Å². The van der Waals surface area contributed by atoms with E-state index in [-0.39, 0.29) is 17.7 Å². The molecule has 2 aromatic rings. The van der Waals surface area contributed by atoms with Gasteiger partial charge in [0.05, 0.1) is 11.4 Å². The van der Waals surface area contributed by atoms with Crippen LogP contribution in [-0.4, -0.2) is 33.2 Å². The molecule has 0 saturated carbocycles. The number of hydrogen-bond acceptors (Lipinski definition) is 5. The number of ether oxygens (including phenoxy) is 1. The van der Waals surface area contributed by atoms with E-state index >= 15 is 0 Å². The molecular formula is C22H21NO5S. The van der Waals surface area contributed by atoms with Crippen LogP contribution in [0.4, 0.5) is 4.79 Å². The summed E-state index contributed by atoms with van der Waals surface area (Å²) in [5.41, 5.74) is 2.65. The Kier molecular flexibility index (Phi) is 6.39. The maximum absolute atomic E-state index is 12.7. The van der Waals surface area contributed by atoms with Gasteiger partial charge in [-0.25, -0.2) is 4.79 Å². The average molecular weight is 411 g/mol. The largest absolute Gasteiger partial charge is 0.479 e. The predicted octanol–water partition coefficient (Wildman–Crippen LogP) is 4.47. The Hall–Kier alpha value is -3.06. The maximum atomic E-state index is 12.7. The second kappa shape index (κ2) is 8.96. The molecule has 3 rings (SSSR count). The number of thioether (sulfide) groups is 1. The first-order valence-electron chi connectivity index (χ1n) is 9.18. The number of carboxylic acid groups (broad SMARTS) is 1. The number of hydrogen-bond donors (Lipinski definition) is 1. The molecule has 1 atom stereocenters. The van der Waals surface area contributed by atoms with E-state index < -0.39 is 12.1 Å². The smallest absolute Gasteiger partial charge is 0.344 e. The normalized spacial score (nSPS) is 16.3. The topological polar surface area (TPSA) is 83.9 Å². The zero-order chi connectivity index (χ0) is 21.0. The first-order chi connectivity index (χ1) is 13.9. The Balaban J connectivity index is 1.76. The number of carbonyl (C=O) groups is 3. The van der Waals surface area contributed by atoms with Gasteiger partial charge >= 0.3 is 5.97 Å². The van der Waals surface area contributed by atoms with Gasteiger partial charge in [-0.2, -0.15) is 0 Å². The van der Waals surface area contributed by atoms with Crippen LogP contribution in [0.2, 0.25) is 0 Å². The number of benzene rings is 2. The molecule has 0 spiro atoms. The Labute approximate surface area is 173 Å². The summed E-state index contributed by atoms with van der Waals surface area (Å²) in [5, 5.41) is 8.82. The first-order valence-corrected chi connectivity index (χ1v) is 9.99. The molecule has 0 aliphatic carbocycles. The van der Waals surface area contributed by atoms with E-state index in [1.165, 1.54) is 4.90 Å². The van der Waals surface area contributed by atoms with Crippen molar-refractivity contribution in [2.24, 2.45) is 0 Å². The van der Waals surface area contributed by atoms with E-state index in [1.54, 1.807) is 37.3 Å². The van der Waals surface area contributed by atoms with Gasteiger partial charge in [0.25, 0.3) is 11.1 Å². The van der Waals surface area contributed by atoms with Gasteiger partial charge < -0.3 is 9.84 Å². The highest BCUT2D eigenvalue weighted by atomic mass is 32.2. The van der Waals surface area contributed by atoms with Crippen LogP contribution in [0, 0.1) is 6.92 Å². The molecule has 0 radical (unpaired) electrons. The molecule has 0 aromatic heterocycles. The van der Waals surface area contributed by atoms with E-state index in [2.05, 4.69) is 0 Å². The third kappa shape index (κ3) is 5.06. The maximum Gasteiger partial charge on any atom is 0.344 e. The molecule has 1 aliphatic rings. The predicted molar refractivity (Wildman–Crippen MR) is 111 cm³/mol. The third-order valence-electron chi connectivity index (χ3n) is 4.42. The summed E-state index contributed by atoms with van der Waals surface area (Å²) in [4.78, 5) is 37.7. The molecule has 150 valence electrons. The van der Waals surface area contributed by atoms with Crippen LogP contribution in [0.25, 0.3) is 6.08 Å². The molecule has 1 fully saturated rings. The van der Waals surface area contributed by atoms with Crippen molar-refractivity contribution in [2.75, 3.05) is 0 Å². The number of aryl methyl sites for hydroxylation is 1. The van der Waals surface area contributed by atoms with Crippen LogP contribution in [0.3, 0.4) is 0 Å². The monoisotopic (exact) mass is 411 g/mol. The Morgan fingerprint density at radius 2 is 1.93 bits per heavy atom. The molecular weight excluding hydrogens is 390 g/mol. The molecule has 1 aliphatic heterocycles. The first kappa shape index (κ1) is 20.7. The second-order valence-electron chi connectivity index (χ2n) is 6.68. The standard InChI is InChI=1S/C22H21NO5S/c1-3-18(21(25)26)28-17-6-4-5-16(11-17)12-19-20(24)23(22(27)29-19)13-15-9-7-14(2)8-10-15/h4-12,18H,3,13H2,1-2H3,(H,25,26)/b19-12+. The highest BCUT2D eigenvalue weighted by Gasteiger charge is 2.35. The fourth-order valence-corrected chi connectivity index (χ4v) is 3.65. The summed E-state index contributed by atoms with van der Waals surface area (Å²) >= 11 is 0.892. The fraction of sp³-hybridized carbons (Fsp3) is 0.227. The Bertz CT molecular complexity index is 967. The van der Waals surface area contributed by atoms with Gasteiger partial charge in [0.2, 0.25) is 0 Å². The molecule has 6 nitrogen and oxygen atoms in total. The number of imide groups is 1. The Morgan fingerprint density at radius 3 is 2.59 bits per heavy atom. The van der Waals surface area contributed by atoms with Gasteiger partial charge in [-0.3, -0.25) is 14.5 Å². The molecule has 1 unspecified atom stereocenters. The summed E-state index contributed by atoms with van der Waals surface area (Å²) in [5.74, 6) is -0.981. The molecule has 1 N–H and O–H groups in total. The minimum atomic E-state index is -1.03. The molecule has 29 heavy (non-hydrogen) atoms. The van der Waals surface area contributed by atoms with Crippen LogP contribution in [0.1, 0.15) is 30.0 Å². The number of nitrogens with zero attached hydrogens (tertiary/aromatic N) is 1. The number of aliphatic carboxylic acids is 1. The van der Waals surface area contributed by atoms with E-state index in [0.29, 0.717) is 22.6 Å². The lowest BCUT2D eigenvalue weighted by molar-refractivity contribution is -0.145. The van der Waals surface area contributed by atoms with Crippen LogP contribution in [0.15, 0.2) is 53.4 Å². The SMILES string of the molecule is CCC(Oc1cccc(/C=C2/SC(=O)N(Cc3ccc(C)cc3)C2=O)c1)C(=O)O. The van der Waals surface area contributed by atoms with Gasteiger partial charge in [0.1, 0.15) is 5.75 Å². The third-order valence-corrected chi connectivity index (χ3v) is 5.32. The second-order valence-corrected chi connectivity index (χ2v) is 7.67. The highest BCUT2D eigenvalue weighted by Crippen LogP contribution is 2.33. The molecule has 0 bridgehead atoms. The minimum Gasteiger partial charge on any atom is -0.479 e. The fourth-order valence-electron chi connectivity index (χ4n) is 2.81. The van der Waals surface area contributed by atoms with Crippen LogP contribution >= 0.6 is 11.8 Å². The van der Waals surface area contributed by atoms with Crippen molar-refractivity contribution in [3.8, 4) is 5.75 Å². The van der Waals surface area contributed by atoms with Gasteiger partial charge in [0, 0.05) is 0 Å². The van der Waals surface area contributed by atoms with Crippen molar-refractivity contribution in [2.45, 2.75) is 32.9 Å². The number of carbonyl (C=O) groups excluding carboxylic acids is 2. The summed E-state index contributed by atoms with van der Waals surface area (Å²) in [6, 6.07) is 14.5. The van der Waals surface area contributed by atoms with Crippen molar-refractivity contribution < 1.29 is 24.2 Å². The molecule has 7 heteroatoms. The lowest BCUT2D eigenvalue weighted by Gasteiger charge is -2.13. The van der Waals surface area contributed by atoms with E-state index in [4.69, 9.17) is 9.84 Å². The van der Waals surface area contributed by atoms with Gasteiger partial charge in [-0.05, 0) is 54.4 Å². The van der Waals surface area contributed by atoms with Crippen LogP contribution in [-0.2, 0) is 16.1 Å². The van der Waals surface area contributed by atoms with Gasteiger partial charge in [-0.1, -0.05) is 48.9 Å². The summed E-state index contributed by atoms with van der Waals surface area (Å²) in [6.07, 6.45) is 1.01. The highest BCUT2D eigenvalue weighted by molar-refractivity contribution is 8.18. The minimum absolute atomic E-state index is 0.224. The Morgan fingerprint density at radius 1 is 1.21 bits per heavy atom.